The number of hydrogen-bond acceptors (Lipinski definition) is 4. The second kappa shape index (κ2) is 7.03. The maximum Gasteiger partial charge on any atom is 0.416 e. The summed E-state index contributed by atoms with van der Waals surface area (Å²) >= 11 is 0. The molecule has 0 unspecified atom stereocenters. The maximum absolute atomic E-state index is 12.9. The Hall–Kier alpha value is -3.09. The zero-order valence-electron chi connectivity index (χ0n) is 14.0. The van der Waals surface area contributed by atoms with Gasteiger partial charge < -0.3 is 9.47 Å². The first-order valence-electron chi connectivity index (χ1n) is 7.69. The monoisotopic (exact) mass is 360 g/mol. The van der Waals surface area contributed by atoms with E-state index in [1.807, 2.05) is 25.1 Å². The van der Waals surface area contributed by atoms with Crippen molar-refractivity contribution in [1.29, 1.82) is 0 Å². The number of aromatic nitrogens is 2. The Morgan fingerprint density at radius 1 is 1.00 bits per heavy atom. The molecule has 0 atom stereocenters. The van der Waals surface area contributed by atoms with Crippen molar-refractivity contribution >= 4 is 0 Å². The number of rotatable bonds is 4. The van der Waals surface area contributed by atoms with E-state index in [4.69, 9.17) is 9.47 Å². The molecule has 0 aliphatic rings. The van der Waals surface area contributed by atoms with Gasteiger partial charge in [-0.05, 0) is 42.3 Å². The van der Waals surface area contributed by atoms with Crippen LogP contribution in [0.5, 0.6) is 17.5 Å². The summed E-state index contributed by atoms with van der Waals surface area (Å²) < 4.78 is 49.4. The lowest BCUT2D eigenvalue weighted by atomic mass is 10.1. The highest BCUT2D eigenvalue weighted by Gasteiger charge is 2.31. The number of aryl methyl sites for hydroxylation is 1. The fraction of sp³-hybridized carbons (Fsp3) is 0.158. The summed E-state index contributed by atoms with van der Waals surface area (Å²) in [5.74, 6) is 0.628. The summed E-state index contributed by atoms with van der Waals surface area (Å²) in [6.45, 7) is 1.86. The zero-order valence-corrected chi connectivity index (χ0v) is 14.0. The molecular formula is C19H15F3N2O2. The van der Waals surface area contributed by atoms with Gasteiger partial charge >= 0.3 is 6.18 Å². The van der Waals surface area contributed by atoms with Gasteiger partial charge in [-0.1, -0.05) is 12.1 Å². The van der Waals surface area contributed by atoms with E-state index in [-0.39, 0.29) is 11.8 Å². The molecular weight excluding hydrogens is 345 g/mol. The van der Waals surface area contributed by atoms with Crippen molar-refractivity contribution in [3.05, 3.63) is 66.0 Å². The van der Waals surface area contributed by atoms with Crippen LogP contribution in [0.25, 0.3) is 11.1 Å². The Morgan fingerprint density at radius 2 is 1.81 bits per heavy atom. The van der Waals surface area contributed by atoms with Crippen LogP contribution in [0.15, 0.2) is 54.9 Å². The van der Waals surface area contributed by atoms with Gasteiger partial charge in [0, 0.05) is 24.0 Å². The lowest BCUT2D eigenvalue weighted by Gasteiger charge is -2.12. The quantitative estimate of drug-likeness (QED) is 0.636. The van der Waals surface area contributed by atoms with Gasteiger partial charge in [-0.3, -0.25) is 0 Å². The van der Waals surface area contributed by atoms with Crippen LogP contribution in [0.3, 0.4) is 0 Å². The minimum atomic E-state index is -4.47. The average Bonchev–Trinajstić information content (AvgIpc) is 2.63. The first kappa shape index (κ1) is 17.7. The van der Waals surface area contributed by atoms with Gasteiger partial charge in [-0.25, -0.2) is 9.97 Å². The van der Waals surface area contributed by atoms with E-state index in [0.717, 1.165) is 29.5 Å². The molecule has 3 aromatic rings. The number of benzene rings is 1. The van der Waals surface area contributed by atoms with Gasteiger partial charge in [0.1, 0.15) is 5.75 Å². The van der Waals surface area contributed by atoms with Crippen LogP contribution >= 0.6 is 0 Å². The molecule has 4 nitrogen and oxygen atoms in total. The predicted octanol–water partition coefficient (Wildman–Crippen LogP) is 5.27. The van der Waals surface area contributed by atoms with Crippen molar-refractivity contribution in [1.82, 2.24) is 9.97 Å². The molecule has 26 heavy (non-hydrogen) atoms. The summed E-state index contributed by atoms with van der Waals surface area (Å²) in [5, 5.41) is 0. The van der Waals surface area contributed by atoms with Gasteiger partial charge in [0.05, 0.1) is 12.7 Å². The van der Waals surface area contributed by atoms with Crippen LogP contribution in [0.2, 0.25) is 0 Å². The molecule has 2 aromatic heterocycles. The third-order valence-electron chi connectivity index (χ3n) is 3.63. The maximum atomic E-state index is 12.9. The lowest BCUT2D eigenvalue weighted by molar-refractivity contribution is -0.137. The number of nitrogens with zero attached hydrogens (tertiary/aromatic N) is 2. The minimum absolute atomic E-state index is 0.163. The van der Waals surface area contributed by atoms with Gasteiger partial charge in [-0.2, -0.15) is 13.2 Å². The highest BCUT2D eigenvalue weighted by molar-refractivity contribution is 5.70. The molecule has 134 valence electrons. The van der Waals surface area contributed by atoms with Crippen molar-refractivity contribution in [2.24, 2.45) is 0 Å². The number of pyridine rings is 2. The number of methoxy groups -OCH3 is 1. The topological polar surface area (TPSA) is 44.2 Å². The van der Waals surface area contributed by atoms with Crippen molar-refractivity contribution in [2.45, 2.75) is 13.1 Å². The van der Waals surface area contributed by atoms with E-state index in [2.05, 4.69) is 9.97 Å². The van der Waals surface area contributed by atoms with Crippen molar-refractivity contribution in [3.63, 3.8) is 0 Å². The third kappa shape index (κ3) is 3.93. The second-order valence-corrected chi connectivity index (χ2v) is 5.58. The summed E-state index contributed by atoms with van der Waals surface area (Å²) in [6.07, 6.45) is -1.85. The van der Waals surface area contributed by atoms with Crippen LogP contribution in [-0.4, -0.2) is 17.1 Å². The van der Waals surface area contributed by atoms with E-state index in [1.54, 1.807) is 25.4 Å². The number of alkyl halides is 3. The van der Waals surface area contributed by atoms with Gasteiger partial charge in [-0.15, -0.1) is 0 Å². The summed E-state index contributed by atoms with van der Waals surface area (Å²) in [4.78, 5) is 8.07. The first-order valence-corrected chi connectivity index (χ1v) is 7.69. The molecule has 1 aromatic carbocycles. The van der Waals surface area contributed by atoms with Crippen molar-refractivity contribution in [2.75, 3.05) is 7.11 Å². The first-order chi connectivity index (χ1) is 12.4. The fourth-order valence-corrected chi connectivity index (χ4v) is 2.38. The third-order valence-corrected chi connectivity index (χ3v) is 3.63. The molecule has 0 fully saturated rings. The van der Waals surface area contributed by atoms with Crippen LogP contribution in [0, 0.1) is 6.92 Å². The predicted molar refractivity (Wildman–Crippen MR) is 90.3 cm³/mol. The van der Waals surface area contributed by atoms with Gasteiger partial charge in [0.15, 0.2) is 0 Å². The molecule has 2 heterocycles. The smallest absolute Gasteiger partial charge is 0.416 e. The fourth-order valence-electron chi connectivity index (χ4n) is 2.38. The highest BCUT2D eigenvalue weighted by atomic mass is 19.4. The summed E-state index contributed by atoms with van der Waals surface area (Å²) in [6, 6.07) is 10.8. The largest absolute Gasteiger partial charge is 0.497 e. The van der Waals surface area contributed by atoms with Gasteiger partial charge in [0.2, 0.25) is 11.8 Å². The number of ether oxygens (including phenoxy) is 2. The van der Waals surface area contributed by atoms with E-state index in [1.165, 1.54) is 0 Å². The highest BCUT2D eigenvalue weighted by Crippen LogP contribution is 2.35. The standard InChI is InChI=1S/C19H15F3N2O2/c1-12-8-16(13-4-3-5-15(9-13)25-2)18(24-11-12)26-17-10-14(6-7-23-17)19(20,21)22/h3-11H,1-2H3. The second-order valence-electron chi connectivity index (χ2n) is 5.58. The lowest BCUT2D eigenvalue weighted by Crippen LogP contribution is -2.05. The average molecular weight is 360 g/mol. The SMILES string of the molecule is COc1cccc(-c2cc(C)cnc2Oc2cc(C(F)(F)F)ccn2)c1. The van der Waals surface area contributed by atoms with E-state index < -0.39 is 11.7 Å². The molecule has 0 bridgehead atoms. The van der Waals surface area contributed by atoms with Crippen LogP contribution < -0.4 is 9.47 Å². The minimum Gasteiger partial charge on any atom is -0.497 e. The van der Waals surface area contributed by atoms with Crippen LogP contribution in [0.1, 0.15) is 11.1 Å². The van der Waals surface area contributed by atoms with Crippen molar-refractivity contribution < 1.29 is 22.6 Å². The molecule has 0 saturated carbocycles. The van der Waals surface area contributed by atoms with Gasteiger partial charge in [0.25, 0.3) is 0 Å². The van der Waals surface area contributed by atoms with E-state index in [9.17, 15) is 13.2 Å². The molecule has 0 N–H and O–H groups in total. The summed E-state index contributed by atoms with van der Waals surface area (Å²) in [7, 11) is 1.55. The summed E-state index contributed by atoms with van der Waals surface area (Å²) in [5.41, 5.74) is 1.44. The molecule has 7 heteroatoms. The molecule has 3 rings (SSSR count). The normalized spacial score (nSPS) is 11.3. The Kier molecular flexibility index (Phi) is 4.79. The van der Waals surface area contributed by atoms with E-state index in [0.29, 0.717) is 11.3 Å². The Labute approximate surface area is 148 Å². The molecule has 0 spiro atoms. The zero-order chi connectivity index (χ0) is 18.7. The van der Waals surface area contributed by atoms with Crippen LogP contribution in [-0.2, 0) is 6.18 Å². The Bertz CT molecular complexity index is 927. The molecule has 0 amide bonds. The van der Waals surface area contributed by atoms with Crippen molar-refractivity contribution in [3.8, 4) is 28.6 Å². The Morgan fingerprint density at radius 3 is 2.54 bits per heavy atom. The molecule has 0 saturated heterocycles. The van der Waals surface area contributed by atoms with E-state index >= 15 is 0 Å². The number of halogens is 3. The molecule has 0 aliphatic carbocycles. The molecule has 0 aliphatic heterocycles. The molecule has 0 radical (unpaired) electrons. The van der Waals surface area contributed by atoms with Crippen LogP contribution in [0.4, 0.5) is 13.2 Å². The number of hydrogen-bond donors (Lipinski definition) is 0. The Balaban J connectivity index is 2.01.